The number of nitrogens with zero attached hydrogens (tertiary/aromatic N) is 1. The molecule has 0 saturated heterocycles. The Morgan fingerprint density at radius 3 is 2.26 bits per heavy atom. The lowest BCUT2D eigenvalue weighted by molar-refractivity contribution is 0.656. The number of halogens is 1. The molecule has 0 spiro atoms. The molecular formula is C24H33FN2. The molecule has 0 aliphatic carbocycles. The maximum Gasteiger partial charge on any atom is 0.125 e. The van der Waals surface area contributed by atoms with E-state index in [-0.39, 0.29) is 11.7 Å². The monoisotopic (exact) mass is 368 g/mol. The first-order chi connectivity index (χ1) is 12.8. The fourth-order valence-corrected chi connectivity index (χ4v) is 2.09. The van der Waals surface area contributed by atoms with E-state index in [9.17, 15) is 4.39 Å². The largest absolute Gasteiger partial charge is 0.384 e. The standard InChI is InChI=1S/C24H33FN2/c1-9-19(7)24(13-20(8)23(25)12-4)27-17-22(11-3)14-21(10-2)16-26-15-18(5)6/h9-15,19,27H,1-2,4-5,16-17H2,3,6-8H3/b21-14+,22-11+,23-20+,24-13+,26-15-. The van der Waals surface area contributed by atoms with Crippen molar-refractivity contribution < 1.29 is 4.39 Å². The molecule has 0 saturated carbocycles. The Morgan fingerprint density at radius 1 is 1.11 bits per heavy atom. The average Bonchev–Trinajstić information content (AvgIpc) is 2.66. The molecule has 1 unspecified atom stereocenters. The Labute approximate surface area is 164 Å². The van der Waals surface area contributed by atoms with Crippen LogP contribution in [0.25, 0.3) is 0 Å². The van der Waals surface area contributed by atoms with Gasteiger partial charge in [-0.05, 0) is 55.2 Å². The van der Waals surface area contributed by atoms with Crippen LogP contribution >= 0.6 is 0 Å². The topological polar surface area (TPSA) is 24.4 Å². The summed E-state index contributed by atoms with van der Waals surface area (Å²) >= 11 is 0. The normalized spacial score (nSPS) is 15.2. The summed E-state index contributed by atoms with van der Waals surface area (Å²) in [5, 5.41) is 3.39. The molecule has 1 N–H and O–H groups in total. The Bertz CT molecular complexity index is 700. The number of hydrogen-bond donors (Lipinski definition) is 1. The van der Waals surface area contributed by atoms with Gasteiger partial charge in [-0.3, -0.25) is 4.99 Å². The van der Waals surface area contributed by atoms with Gasteiger partial charge in [0.05, 0.1) is 6.54 Å². The molecule has 0 aliphatic heterocycles. The minimum absolute atomic E-state index is 0.0682. The molecule has 1 atom stereocenters. The lowest BCUT2D eigenvalue weighted by atomic mass is 10.0. The first-order valence-electron chi connectivity index (χ1n) is 8.99. The first kappa shape index (κ1) is 24.3. The van der Waals surface area contributed by atoms with Crippen LogP contribution in [0.1, 0.15) is 27.7 Å². The van der Waals surface area contributed by atoms with Gasteiger partial charge in [0, 0.05) is 24.4 Å². The van der Waals surface area contributed by atoms with E-state index in [0.29, 0.717) is 18.7 Å². The van der Waals surface area contributed by atoms with Crippen molar-refractivity contribution in [2.24, 2.45) is 10.9 Å². The second kappa shape index (κ2) is 13.5. The third-order valence-electron chi connectivity index (χ3n) is 3.86. The van der Waals surface area contributed by atoms with Gasteiger partial charge in [0.2, 0.25) is 0 Å². The summed E-state index contributed by atoms with van der Waals surface area (Å²) in [5.74, 6) is -0.264. The Kier molecular flexibility index (Phi) is 12.2. The molecule has 2 nitrogen and oxygen atoms in total. The highest BCUT2D eigenvalue weighted by Gasteiger charge is 2.07. The van der Waals surface area contributed by atoms with E-state index in [1.54, 1.807) is 25.3 Å². The number of aliphatic imine (C=N–C) groups is 1. The van der Waals surface area contributed by atoms with Crippen molar-refractivity contribution in [3.05, 3.63) is 96.6 Å². The van der Waals surface area contributed by atoms with Gasteiger partial charge < -0.3 is 5.32 Å². The summed E-state index contributed by atoms with van der Waals surface area (Å²) in [4.78, 5) is 4.34. The molecule has 0 fully saturated rings. The van der Waals surface area contributed by atoms with E-state index in [1.165, 1.54) is 6.08 Å². The van der Waals surface area contributed by atoms with Crippen LogP contribution in [0.4, 0.5) is 4.39 Å². The van der Waals surface area contributed by atoms with Gasteiger partial charge in [0.15, 0.2) is 0 Å². The van der Waals surface area contributed by atoms with Gasteiger partial charge in [-0.1, -0.05) is 51.0 Å². The highest BCUT2D eigenvalue weighted by atomic mass is 19.1. The van der Waals surface area contributed by atoms with Crippen LogP contribution in [0.2, 0.25) is 0 Å². The molecular weight excluding hydrogens is 335 g/mol. The third-order valence-corrected chi connectivity index (χ3v) is 3.86. The van der Waals surface area contributed by atoms with Gasteiger partial charge in [-0.25, -0.2) is 4.39 Å². The summed E-state index contributed by atoms with van der Waals surface area (Å²) in [6, 6.07) is 0. The van der Waals surface area contributed by atoms with Crippen LogP contribution in [0, 0.1) is 5.92 Å². The summed E-state index contributed by atoms with van der Waals surface area (Å²) in [5.41, 5.74) is 4.43. The predicted molar refractivity (Wildman–Crippen MR) is 120 cm³/mol. The van der Waals surface area contributed by atoms with Gasteiger partial charge in [-0.15, -0.1) is 6.58 Å². The summed E-state index contributed by atoms with van der Waals surface area (Å²) < 4.78 is 13.7. The van der Waals surface area contributed by atoms with Crippen molar-refractivity contribution in [1.82, 2.24) is 5.32 Å². The molecule has 0 aliphatic rings. The molecule has 0 aromatic carbocycles. The van der Waals surface area contributed by atoms with E-state index in [2.05, 4.69) is 42.7 Å². The zero-order chi connectivity index (χ0) is 20.8. The van der Waals surface area contributed by atoms with E-state index < -0.39 is 0 Å². The molecule has 0 amide bonds. The lowest BCUT2D eigenvalue weighted by Crippen LogP contribution is -2.20. The van der Waals surface area contributed by atoms with Crippen LogP contribution in [0.5, 0.6) is 0 Å². The molecule has 3 heteroatoms. The highest BCUT2D eigenvalue weighted by molar-refractivity contribution is 5.76. The molecule has 0 radical (unpaired) electrons. The van der Waals surface area contributed by atoms with Crippen molar-refractivity contribution in [1.29, 1.82) is 0 Å². The first-order valence-corrected chi connectivity index (χ1v) is 8.99. The van der Waals surface area contributed by atoms with Crippen molar-refractivity contribution in [2.45, 2.75) is 27.7 Å². The molecule has 0 aromatic rings. The zero-order valence-electron chi connectivity index (χ0n) is 17.2. The fourth-order valence-electron chi connectivity index (χ4n) is 2.09. The zero-order valence-corrected chi connectivity index (χ0v) is 17.2. The van der Waals surface area contributed by atoms with E-state index >= 15 is 0 Å². The quantitative estimate of drug-likeness (QED) is 0.240. The predicted octanol–water partition coefficient (Wildman–Crippen LogP) is 6.42. The van der Waals surface area contributed by atoms with Gasteiger partial charge in [0.25, 0.3) is 0 Å². The van der Waals surface area contributed by atoms with Crippen molar-refractivity contribution in [2.75, 3.05) is 13.1 Å². The van der Waals surface area contributed by atoms with Gasteiger partial charge >= 0.3 is 0 Å². The summed E-state index contributed by atoms with van der Waals surface area (Å²) in [6.07, 6.45) is 12.5. The van der Waals surface area contributed by atoms with Gasteiger partial charge in [-0.2, -0.15) is 0 Å². The van der Waals surface area contributed by atoms with Crippen LogP contribution < -0.4 is 5.32 Å². The van der Waals surface area contributed by atoms with Crippen molar-refractivity contribution in [3.63, 3.8) is 0 Å². The Morgan fingerprint density at radius 2 is 1.78 bits per heavy atom. The Hall–Kier alpha value is -2.68. The van der Waals surface area contributed by atoms with Crippen molar-refractivity contribution >= 4 is 6.21 Å². The fraction of sp³-hybridized carbons (Fsp3) is 0.292. The van der Waals surface area contributed by atoms with Gasteiger partial charge in [0.1, 0.15) is 5.83 Å². The minimum Gasteiger partial charge on any atom is -0.384 e. The summed E-state index contributed by atoms with van der Waals surface area (Å²) in [6.45, 7) is 23.7. The van der Waals surface area contributed by atoms with Crippen LogP contribution in [0.3, 0.4) is 0 Å². The maximum absolute atomic E-state index is 13.7. The third kappa shape index (κ3) is 10.1. The SMILES string of the molecule is C=C/C(=C\C(=C/C)CN/C(=C/C(C)=C(/F)C=C)C(C)C=C)C/N=C\C(=C)C. The smallest absolute Gasteiger partial charge is 0.125 e. The van der Waals surface area contributed by atoms with E-state index in [4.69, 9.17) is 0 Å². The van der Waals surface area contributed by atoms with Crippen molar-refractivity contribution in [3.8, 4) is 0 Å². The molecule has 0 aromatic heterocycles. The maximum atomic E-state index is 13.7. The van der Waals surface area contributed by atoms with E-state index in [1.807, 2.05) is 32.9 Å². The minimum atomic E-state index is -0.332. The highest BCUT2D eigenvalue weighted by Crippen LogP contribution is 2.16. The summed E-state index contributed by atoms with van der Waals surface area (Å²) in [7, 11) is 0. The second-order valence-electron chi connectivity index (χ2n) is 6.32. The second-order valence-corrected chi connectivity index (χ2v) is 6.32. The number of hydrogen-bond acceptors (Lipinski definition) is 2. The van der Waals surface area contributed by atoms with Crippen LogP contribution in [0.15, 0.2) is 102 Å². The Balaban J connectivity index is 5.37. The molecule has 0 rings (SSSR count). The number of allylic oxidation sites excluding steroid dienone is 7. The number of nitrogens with one attached hydrogen (secondary N) is 1. The van der Waals surface area contributed by atoms with E-state index in [0.717, 1.165) is 22.4 Å². The molecule has 27 heavy (non-hydrogen) atoms. The molecule has 146 valence electrons. The lowest BCUT2D eigenvalue weighted by Gasteiger charge is -2.16. The molecule has 0 heterocycles. The number of rotatable bonds is 12. The van der Waals surface area contributed by atoms with Crippen LogP contribution in [-0.4, -0.2) is 19.3 Å². The van der Waals surface area contributed by atoms with Crippen LogP contribution in [-0.2, 0) is 0 Å². The molecule has 0 bridgehead atoms. The average molecular weight is 369 g/mol.